The van der Waals surface area contributed by atoms with Gasteiger partial charge in [-0.2, -0.15) is 4.98 Å². The molecule has 0 bridgehead atoms. The quantitative estimate of drug-likeness (QED) is 0.621. The van der Waals surface area contributed by atoms with Gasteiger partial charge in [0.2, 0.25) is 21.7 Å². The van der Waals surface area contributed by atoms with Crippen LogP contribution < -0.4 is 9.88 Å². The van der Waals surface area contributed by atoms with E-state index in [-0.39, 0.29) is 23.5 Å². The Bertz CT molecular complexity index is 1150. The van der Waals surface area contributed by atoms with Crippen LogP contribution in [0.4, 0.5) is 0 Å². The van der Waals surface area contributed by atoms with Crippen LogP contribution in [0.1, 0.15) is 31.2 Å². The van der Waals surface area contributed by atoms with Gasteiger partial charge in [-0.3, -0.25) is 4.79 Å². The molecule has 1 saturated heterocycles. The molecule has 9 nitrogen and oxygen atoms in total. The monoisotopic (exact) mass is 442 g/mol. The number of aromatic nitrogens is 2. The number of para-hydroxylation sites is 1. The Morgan fingerprint density at radius 3 is 2.58 bits per heavy atom. The molecule has 10 heteroatoms. The average Bonchev–Trinajstić information content (AvgIpc) is 3.28. The zero-order chi connectivity index (χ0) is 21.8. The van der Waals surface area contributed by atoms with E-state index in [0.717, 1.165) is 12.8 Å². The van der Waals surface area contributed by atoms with Gasteiger partial charge in [-0.25, -0.2) is 13.6 Å². The fourth-order valence-corrected chi connectivity index (χ4v) is 4.03. The first-order valence-electron chi connectivity index (χ1n) is 9.86. The zero-order valence-corrected chi connectivity index (χ0v) is 17.5. The highest BCUT2D eigenvalue weighted by atomic mass is 32.2. The molecule has 1 amide bonds. The van der Waals surface area contributed by atoms with Crippen molar-refractivity contribution in [1.29, 1.82) is 0 Å². The van der Waals surface area contributed by atoms with Gasteiger partial charge >= 0.3 is 0 Å². The third kappa shape index (κ3) is 4.92. The van der Waals surface area contributed by atoms with Crippen molar-refractivity contribution in [2.75, 3.05) is 13.2 Å². The Kier molecular flexibility index (Phi) is 6.01. The van der Waals surface area contributed by atoms with Crippen LogP contribution in [0.3, 0.4) is 0 Å². The standard InChI is InChI=1S/C21H22N4O5S/c22-31(27,28)17-11-9-15(10-12-17)20-23-21(30-24-20)18-8-4-5-13-25(18)19(26)14-29-16-6-2-1-3-7-16/h1-3,6-7,9-12,18H,4-5,8,13-14H2,(H2,22,27,28)/t18-/m1/s1. The Labute approximate surface area is 179 Å². The van der Waals surface area contributed by atoms with Crippen molar-refractivity contribution in [2.45, 2.75) is 30.2 Å². The topological polar surface area (TPSA) is 129 Å². The molecule has 0 radical (unpaired) electrons. The Balaban J connectivity index is 1.48. The van der Waals surface area contributed by atoms with E-state index >= 15 is 0 Å². The minimum atomic E-state index is -3.78. The summed E-state index contributed by atoms with van der Waals surface area (Å²) < 4.78 is 33.9. The molecule has 2 N–H and O–H groups in total. The molecule has 1 aliphatic heterocycles. The normalized spacial score (nSPS) is 16.8. The van der Waals surface area contributed by atoms with E-state index in [0.29, 0.717) is 36.0 Å². The van der Waals surface area contributed by atoms with Crippen LogP contribution in [0.25, 0.3) is 11.4 Å². The molecule has 162 valence electrons. The number of nitrogens with two attached hydrogens (primary N) is 1. The number of sulfonamides is 1. The van der Waals surface area contributed by atoms with Crippen LogP contribution in [-0.2, 0) is 14.8 Å². The molecule has 1 aliphatic rings. The summed E-state index contributed by atoms with van der Waals surface area (Å²) in [4.78, 5) is 19.0. The van der Waals surface area contributed by atoms with Crippen LogP contribution >= 0.6 is 0 Å². The average molecular weight is 442 g/mol. The number of carbonyl (C=O) groups excluding carboxylic acids is 1. The van der Waals surface area contributed by atoms with Gasteiger partial charge in [0.25, 0.3) is 5.91 Å². The Morgan fingerprint density at radius 2 is 1.87 bits per heavy atom. The summed E-state index contributed by atoms with van der Waals surface area (Å²) in [7, 11) is -3.78. The smallest absolute Gasteiger partial charge is 0.261 e. The molecule has 0 saturated carbocycles. The third-order valence-electron chi connectivity index (χ3n) is 5.10. The summed E-state index contributed by atoms with van der Waals surface area (Å²) >= 11 is 0. The molecule has 0 unspecified atom stereocenters. The lowest BCUT2D eigenvalue weighted by Crippen LogP contribution is -2.41. The number of amides is 1. The number of benzene rings is 2. The molecule has 0 aliphatic carbocycles. The number of likely N-dealkylation sites (tertiary alicyclic amines) is 1. The van der Waals surface area contributed by atoms with Gasteiger partial charge in [0, 0.05) is 12.1 Å². The highest BCUT2D eigenvalue weighted by molar-refractivity contribution is 7.89. The van der Waals surface area contributed by atoms with Crippen molar-refractivity contribution in [3.05, 3.63) is 60.5 Å². The second kappa shape index (κ2) is 8.86. The molecular weight excluding hydrogens is 420 g/mol. The predicted octanol–water partition coefficient (Wildman–Crippen LogP) is 2.52. The lowest BCUT2D eigenvalue weighted by atomic mass is 10.0. The number of ether oxygens (including phenoxy) is 1. The first kappa shape index (κ1) is 21.0. The highest BCUT2D eigenvalue weighted by Gasteiger charge is 2.32. The highest BCUT2D eigenvalue weighted by Crippen LogP contribution is 2.31. The Hall–Kier alpha value is -3.24. The van der Waals surface area contributed by atoms with Crippen LogP contribution in [0.5, 0.6) is 5.75 Å². The second-order valence-corrected chi connectivity index (χ2v) is 8.79. The van der Waals surface area contributed by atoms with Crippen molar-refractivity contribution in [3.63, 3.8) is 0 Å². The van der Waals surface area contributed by atoms with Gasteiger partial charge < -0.3 is 14.2 Å². The molecular formula is C21H22N4O5S. The van der Waals surface area contributed by atoms with Gasteiger partial charge in [0.1, 0.15) is 11.8 Å². The van der Waals surface area contributed by atoms with Crippen molar-refractivity contribution < 1.29 is 22.5 Å². The van der Waals surface area contributed by atoms with Gasteiger partial charge in [-0.15, -0.1) is 0 Å². The molecule has 31 heavy (non-hydrogen) atoms. The summed E-state index contributed by atoms with van der Waals surface area (Å²) in [6.07, 6.45) is 2.54. The van der Waals surface area contributed by atoms with Crippen molar-refractivity contribution in [3.8, 4) is 17.1 Å². The fourth-order valence-electron chi connectivity index (χ4n) is 3.51. The van der Waals surface area contributed by atoms with E-state index in [1.807, 2.05) is 18.2 Å². The maximum absolute atomic E-state index is 12.8. The number of nitrogens with zero attached hydrogens (tertiary/aromatic N) is 3. The first-order chi connectivity index (χ1) is 14.9. The summed E-state index contributed by atoms with van der Waals surface area (Å²) in [6.45, 7) is 0.513. The van der Waals surface area contributed by atoms with E-state index in [9.17, 15) is 13.2 Å². The minimum Gasteiger partial charge on any atom is -0.484 e. The number of piperidine rings is 1. The van der Waals surface area contributed by atoms with Crippen LogP contribution in [-0.4, -0.2) is 42.5 Å². The molecule has 4 rings (SSSR count). The molecule has 2 aromatic carbocycles. The van der Waals surface area contributed by atoms with Crippen LogP contribution in [0.2, 0.25) is 0 Å². The van der Waals surface area contributed by atoms with Gasteiger partial charge in [0.15, 0.2) is 6.61 Å². The summed E-state index contributed by atoms with van der Waals surface area (Å²) in [5.74, 6) is 1.14. The summed E-state index contributed by atoms with van der Waals surface area (Å²) in [5.41, 5.74) is 0.587. The van der Waals surface area contributed by atoms with Crippen LogP contribution in [0, 0.1) is 0 Å². The molecule has 1 fully saturated rings. The number of carbonyl (C=O) groups is 1. The van der Waals surface area contributed by atoms with E-state index in [2.05, 4.69) is 10.1 Å². The number of rotatable bonds is 6. The van der Waals surface area contributed by atoms with E-state index in [4.69, 9.17) is 14.4 Å². The van der Waals surface area contributed by atoms with Crippen molar-refractivity contribution in [1.82, 2.24) is 15.0 Å². The Morgan fingerprint density at radius 1 is 1.13 bits per heavy atom. The SMILES string of the molecule is NS(=O)(=O)c1ccc(-c2noc([C@H]3CCCCN3C(=O)COc3ccccc3)n2)cc1. The first-order valence-corrected chi connectivity index (χ1v) is 11.4. The van der Waals surface area contributed by atoms with Gasteiger partial charge in [-0.1, -0.05) is 23.4 Å². The summed E-state index contributed by atoms with van der Waals surface area (Å²) in [6, 6.07) is 14.7. The summed E-state index contributed by atoms with van der Waals surface area (Å²) in [5, 5.41) is 9.13. The molecule has 0 spiro atoms. The molecule has 1 aromatic heterocycles. The van der Waals surface area contributed by atoms with E-state index < -0.39 is 10.0 Å². The third-order valence-corrected chi connectivity index (χ3v) is 6.03. The number of hydrogen-bond donors (Lipinski definition) is 1. The van der Waals surface area contributed by atoms with E-state index in [1.54, 1.807) is 29.2 Å². The van der Waals surface area contributed by atoms with Crippen molar-refractivity contribution in [2.24, 2.45) is 5.14 Å². The lowest BCUT2D eigenvalue weighted by molar-refractivity contribution is -0.138. The lowest BCUT2D eigenvalue weighted by Gasteiger charge is -2.33. The maximum Gasteiger partial charge on any atom is 0.261 e. The van der Waals surface area contributed by atoms with Crippen molar-refractivity contribution >= 4 is 15.9 Å². The molecule has 2 heterocycles. The van der Waals surface area contributed by atoms with Crippen LogP contribution in [0.15, 0.2) is 64.0 Å². The minimum absolute atomic E-state index is 0.00226. The number of primary sulfonamides is 1. The fraction of sp³-hybridized carbons (Fsp3) is 0.286. The number of hydrogen-bond acceptors (Lipinski definition) is 7. The second-order valence-electron chi connectivity index (χ2n) is 7.23. The molecule has 1 atom stereocenters. The zero-order valence-electron chi connectivity index (χ0n) is 16.7. The predicted molar refractivity (Wildman–Crippen MR) is 111 cm³/mol. The van der Waals surface area contributed by atoms with E-state index in [1.165, 1.54) is 12.1 Å². The van der Waals surface area contributed by atoms with Gasteiger partial charge in [0.05, 0.1) is 4.90 Å². The largest absolute Gasteiger partial charge is 0.484 e. The van der Waals surface area contributed by atoms with Gasteiger partial charge in [-0.05, 0) is 55.7 Å². The molecule has 3 aromatic rings. The maximum atomic E-state index is 12.8.